The standard InChI is InChI=1S/C15H15N5O2/c1-21-11-6-3-7-12(22-2)13(11)20-14(18-19-15(20)16)10-5-4-8-17-9-10/h3-9H,1-2H3,(H2,16,19). The number of anilines is 1. The van der Waals surface area contributed by atoms with Crippen LogP contribution in [0.5, 0.6) is 11.5 Å². The van der Waals surface area contributed by atoms with Gasteiger partial charge in [0.25, 0.3) is 0 Å². The number of nitrogens with two attached hydrogens (primary N) is 1. The first-order chi connectivity index (χ1) is 10.8. The van der Waals surface area contributed by atoms with E-state index in [1.165, 1.54) is 0 Å². The van der Waals surface area contributed by atoms with Crippen LogP contribution in [0.4, 0.5) is 5.95 Å². The highest BCUT2D eigenvalue weighted by atomic mass is 16.5. The topological polar surface area (TPSA) is 88.1 Å². The van der Waals surface area contributed by atoms with Crippen molar-refractivity contribution in [1.82, 2.24) is 19.7 Å². The van der Waals surface area contributed by atoms with Crippen LogP contribution in [-0.4, -0.2) is 34.0 Å². The number of benzene rings is 1. The third-order valence-corrected chi connectivity index (χ3v) is 3.23. The Labute approximate surface area is 127 Å². The lowest BCUT2D eigenvalue weighted by atomic mass is 10.2. The molecule has 0 fully saturated rings. The van der Waals surface area contributed by atoms with Gasteiger partial charge in [-0.15, -0.1) is 10.2 Å². The van der Waals surface area contributed by atoms with Crippen LogP contribution in [0.3, 0.4) is 0 Å². The molecule has 0 bridgehead atoms. The summed E-state index contributed by atoms with van der Waals surface area (Å²) in [7, 11) is 3.17. The first-order valence-corrected chi connectivity index (χ1v) is 6.59. The van der Waals surface area contributed by atoms with Gasteiger partial charge in [-0.25, -0.2) is 0 Å². The fraction of sp³-hybridized carbons (Fsp3) is 0.133. The van der Waals surface area contributed by atoms with E-state index in [9.17, 15) is 0 Å². The average molecular weight is 297 g/mol. The molecular weight excluding hydrogens is 282 g/mol. The molecule has 2 heterocycles. The van der Waals surface area contributed by atoms with E-state index in [1.54, 1.807) is 31.2 Å². The third kappa shape index (κ3) is 2.22. The maximum Gasteiger partial charge on any atom is 0.227 e. The van der Waals surface area contributed by atoms with E-state index >= 15 is 0 Å². The van der Waals surface area contributed by atoms with Gasteiger partial charge in [-0.05, 0) is 24.3 Å². The third-order valence-electron chi connectivity index (χ3n) is 3.23. The van der Waals surface area contributed by atoms with Crippen molar-refractivity contribution in [1.29, 1.82) is 0 Å². The minimum Gasteiger partial charge on any atom is -0.494 e. The van der Waals surface area contributed by atoms with Crippen LogP contribution < -0.4 is 15.2 Å². The Kier molecular flexibility index (Phi) is 3.61. The highest BCUT2D eigenvalue weighted by Crippen LogP contribution is 2.36. The van der Waals surface area contributed by atoms with Gasteiger partial charge in [0.05, 0.1) is 14.2 Å². The summed E-state index contributed by atoms with van der Waals surface area (Å²) in [6, 6.07) is 9.19. The summed E-state index contributed by atoms with van der Waals surface area (Å²) < 4.78 is 12.5. The van der Waals surface area contributed by atoms with Crippen molar-refractivity contribution >= 4 is 5.95 Å². The van der Waals surface area contributed by atoms with E-state index in [0.717, 1.165) is 5.56 Å². The van der Waals surface area contributed by atoms with Gasteiger partial charge in [-0.1, -0.05) is 6.07 Å². The van der Waals surface area contributed by atoms with Crippen LogP contribution in [-0.2, 0) is 0 Å². The number of pyridine rings is 1. The normalized spacial score (nSPS) is 10.5. The summed E-state index contributed by atoms with van der Waals surface area (Å²) >= 11 is 0. The lowest BCUT2D eigenvalue weighted by Gasteiger charge is -2.15. The Morgan fingerprint density at radius 1 is 1.00 bits per heavy atom. The number of methoxy groups -OCH3 is 2. The van der Waals surface area contributed by atoms with Crippen molar-refractivity contribution in [3.05, 3.63) is 42.7 Å². The van der Waals surface area contributed by atoms with E-state index in [-0.39, 0.29) is 5.95 Å². The van der Waals surface area contributed by atoms with Crippen LogP contribution in [0, 0.1) is 0 Å². The molecule has 0 aliphatic carbocycles. The molecule has 112 valence electrons. The van der Waals surface area contributed by atoms with Crippen molar-refractivity contribution in [2.24, 2.45) is 0 Å². The van der Waals surface area contributed by atoms with Crippen molar-refractivity contribution < 1.29 is 9.47 Å². The number of hydrogen-bond donors (Lipinski definition) is 1. The Morgan fingerprint density at radius 2 is 1.73 bits per heavy atom. The fourth-order valence-corrected chi connectivity index (χ4v) is 2.25. The van der Waals surface area contributed by atoms with E-state index in [2.05, 4.69) is 15.2 Å². The minimum atomic E-state index is 0.238. The molecule has 0 aliphatic rings. The second kappa shape index (κ2) is 5.72. The monoisotopic (exact) mass is 297 g/mol. The van der Waals surface area contributed by atoms with Gasteiger partial charge in [-0.2, -0.15) is 0 Å². The summed E-state index contributed by atoms with van der Waals surface area (Å²) in [4.78, 5) is 4.11. The molecule has 22 heavy (non-hydrogen) atoms. The number of aromatic nitrogens is 4. The van der Waals surface area contributed by atoms with Gasteiger partial charge < -0.3 is 15.2 Å². The molecule has 2 N–H and O–H groups in total. The zero-order valence-corrected chi connectivity index (χ0v) is 12.2. The largest absolute Gasteiger partial charge is 0.494 e. The molecule has 0 amide bonds. The van der Waals surface area contributed by atoms with Crippen LogP contribution in [0.25, 0.3) is 17.1 Å². The van der Waals surface area contributed by atoms with Crippen LogP contribution in [0.2, 0.25) is 0 Å². The molecule has 7 heteroatoms. The van der Waals surface area contributed by atoms with Crippen molar-refractivity contribution in [2.45, 2.75) is 0 Å². The number of ether oxygens (including phenoxy) is 2. The molecule has 1 aromatic carbocycles. The van der Waals surface area contributed by atoms with Gasteiger partial charge >= 0.3 is 0 Å². The fourth-order valence-electron chi connectivity index (χ4n) is 2.25. The Balaban J connectivity index is 2.28. The summed E-state index contributed by atoms with van der Waals surface area (Å²) in [6.45, 7) is 0. The number of nitrogens with zero attached hydrogens (tertiary/aromatic N) is 4. The van der Waals surface area contributed by atoms with E-state index in [4.69, 9.17) is 15.2 Å². The molecule has 3 aromatic rings. The van der Waals surface area contributed by atoms with Crippen molar-refractivity contribution in [3.8, 4) is 28.6 Å². The summed E-state index contributed by atoms with van der Waals surface area (Å²) in [5.74, 6) is 2.02. The molecular formula is C15H15N5O2. The van der Waals surface area contributed by atoms with Gasteiger partial charge in [0, 0.05) is 18.0 Å². The SMILES string of the molecule is COc1cccc(OC)c1-n1c(N)nnc1-c1cccnc1. The zero-order valence-electron chi connectivity index (χ0n) is 12.2. The molecule has 0 radical (unpaired) electrons. The zero-order chi connectivity index (χ0) is 15.5. The van der Waals surface area contributed by atoms with Crippen LogP contribution in [0.15, 0.2) is 42.7 Å². The predicted molar refractivity (Wildman–Crippen MR) is 82.1 cm³/mol. The lowest BCUT2D eigenvalue weighted by molar-refractivity contribution is 0.391. The smallest absolute Gasteiger partial charge is 0.227 e. The van der Waals surface area contributed by atoms with Crippen molar-refractivity contribution in [3.63, 3.8) is 0 Å². The predicted octanol–water partition coefficient (Wildman–Crippen LogP) is 1.93. The highest BCUT2D eigenvalue weighted by molar-refractivity contribution is 5.67. The number of para-hydroxylation sites is 1. The van der Waals surface area contributed by atoms with Gasteiger partial charge in [0.15, 0.2) is 5.82 Å². The average Bonchev–Trinajstić information content (AvgIpc) is 2.96. The molecule has 0 aliphatic heterocycles. The van der Waals surface area contributed by atoms with Crippen LogP contribution >= 0.6 is 0 Å². The first kappa shape index (κ1) is 13.9. The molecule has 0 saturated heterocycles. The molecule has 0 saturated carbocycles. The van der Waals surface area contributed by atoms with Crippen LogP contribution in [0.1, 0.15) is 0 Å². The van der Waals surface area contributed by atoms with Gasteiger partial charge in [0.1, 0.15) is 17.2 Å². The molecule has 0 atom stereocenters. The van der Waals surface area contributed by atoms with Gasteiger partial charge in [0.2, 0.25) is 5.95 Å². The Bertz CT molecular complexity index is 764. The molecule has 3 rings (SSSR count). The maximum atomic E-state index is 6.02. The second-order valence-corrected chi connectivity index (χ2v) is 4.47. The molecule has 0 unspecified atom stereocenters. The highest BCUT2D eigenvalue weighted by Gasteiger charge is 2.20. The number of hydrogen-bond acceptors (Lipinski definition) is 6. The quantitative estimate of drug-likeness (QED) is 0.791. The van der Waals surface area contributed by atoms with E-state index in [0.29, 0.717) is 23.0 Å². The summed E-state index contributed by atoms with van der Waals surface area (Å²) in [6.07, 6.45) is 3.39. The summed E-state index contributed by atoms with van der Waals surface area (Å²) in [5, 5.41) is 8.12. The molecule has 2 aromatic heterocycles. The second-order valence-electron chi connectivity index (χ2n) is 4.47. The van der Waals surface area contributed by atoms with E-state index in [1.807, 2.05) is 30.3 Å². The van der Waals surface area contributed by atoms with Crippen molar-refractivity contribution in [2.75, 3.05) is 20.0 Å². The Hall–Kier alpha value is -3.09. The number of nitrogen functional groups attached to an aromatic ring is 1. The number of rotatable bonds is 4. The lowest BCUT2D eigenvalue weighted by Crippen LogP contribution is -2.06. The van der Waals surface area contributed by atoms with Gasteiger partial charge in [-0.3, -0.25) is 9.55 Å². The molecule has 7 nitrogen and oxygen atoms in total. The summed E-state index contributed by atoms with van der Waals surface area (Å²) in [5.41, 5.74) is 7.45. The first-order valence-electron chi connectivity index (χ1n) is 6.59. The maximum absolute atomic E-state index is 6.02. The van der Waals surface area contributed by atoms with E-state index < -0.39 is 0 Å². The molecule has 0 spiro atoms. The Morgan fingerprint density at radius 3 is 2.32 bits per heavy atom. The minimum absolute atomic E-state index is 0.238.